The number of aromatic nitrogens is 4. The molecule has 0 radical (unpaired) electrons. The van der Waals surface area contributed by atoms with E-state index in [0.29, 0.717) is 0 Å². The molecule has 0 aliphatic heterocycles. The van der Waals surface area contributed by atoms with Crippen LogP contribution in [0.4, 0.5) is 0 Å². The van der Waals surface area contributed by atoms with E-state index in [4.69, 9.17) is 0 Å². The third kappa shape index (κ3) is 0.671. The third-order valence-electron chi connectivity index (χ3n) is 0.334. The molecular formula is CH2N4Te. The number of nitrogens with zero attached hydrogens (tertiary/aromatic N) is 3. The monoisotopic (exact) mass is 200 g/mol. The zero-order chi connectivity index (χ0) is 4.41. The van der Waals surface area contributed by atoms with Crippen LogP contribution in [0.2, 0.25) is 0 Å². The first-order valence-electron chi connectivity index (χ1n) is 1.32. The summed E-state index contributed by atoms with van der Waals surface area (Å²) in [6.45, 7) is 0. The van der Waals surface area contributed by atoms with Crippen molar-refractivity contribution in [2.45, 2.75) is 0 Å². The Bertz CT molecular complexity index is 111. The second-order valence-corrected chi connectivity index (χ2v) is 1.93. The zero-order valence-electron chi connectivity index (χ0n) is 2.79. The third-order valence-corrected chi connectivity index (χ3v) is 0.875. The van der Waals surface area contributed by atoms with Crippen LogP contribution in [0.25, 0.3) is 0 Å². The van der Waals surface area contributed by atoms with Crippen molar-refractivity contribution < 1.29 is 0 Å². The topological polar surface area (TPSA) is 54.5 Å². The van der Waals surface area contributed by atoms with Gasteiger partial charge in [0, 0.05) is 0 Å². The molecule has 1 aromatic rings. The van der Waals surface area contributed by atoms with Gasteiger partial charge >= 0.3 is 46.8 Å². The second kappa shape index (κ2) is 1.54. The molecule has 4 nitrogen and oxygen atoms in total. The van der Waals surface area contributed by atoms with E-state index in [1.807, 2.05) is 0 Å². The van der Waals surface area contributed by atoms with E-state index in [1.54, 1.807) is 0 Å². The molecule has 1 heterocycles. The molecule has 5 heteroatoms. The van der Waals surface area contributed by atoms with Gasteiger partial charge in [-0.3, -0.25) is 0 Å². The van der Waals surface area contributed by atoms with Gasteiger partial charge in [-0.25, -0.2) is 0 Å². The van der Waals surface area contributed by atoms with E-state index in [0.717, 1.165) is 3.87 Å². The predicted molar refractivity (Wildman–Crippen MR) is 21.0 cm³/mol. The Kier molecular flexibility index (Phi) is 1.03. The summed E-state index contributed by atoms with van der Waals surface area (Å²) >= 11 is 1.47. The summed E-state index contributed by atoms with van der Waals surface area (Å²) in [4.78, 5) is 0. The molecule has 1 aromatic heterocycles. The van der Waals surface area contributed by atoms with E-state index >= 15 is 0 Å². The van der Waals surface area contributed by atoms with Gasteiger partial charge in [0.05, 0.1) is 0 Å². The van der Waals surface area contributed by atoms with Crippen LogP contribution in [0.1, 0.15) is 0 Å². The van der Waals surface area contributed by atoms with Gasteiger partial charge in [0.1, 0.15) is 0 Å². The van der Waals surface area contributed by atoms with Gasteiger partial charge in [-0.15, -0.1) is 0 Å². The number of H-pyrrole nitrogens is 1. The standard InChI is InChI=1S/CH2N4Te/c6-1-2-4-5-3-1/h(H2,2,3,4,5,6). The Morgan fingerprint density at radius 2 is 2.50 bits per heavy atom. The van der Waals surface area contributed by atoms with Crippen LogP contribution in [-0.4, -0.2) is 42.9 Å². The molecule has 0 aliphatic carbocycles. The Hall–Kier alpha value is -0.140. The summed E-state index contributed by atoms with van der Waals surface area (Å²) in [6.07, 6.45) is 0. The van der Waals surface area contributed by atoms with Crippen molar-refractivity contribution in [1.82, 2.24) is 20.6 Å². The molecule has 0 aromatic carbocycles. The molecule has 0 fully saturated rings. The maximum atomic E-state index is 3.52. The first-order valence-corrected chi connectivity index (χ1v) is 2.60. The van der Waals surface area contributed by atoms with Crippen LogP contribution in [-0.2, 0) is 0 Å². The SMILES string of the molecule is [TeH]c1nnn[nH]1. The van der Waals surface area contributed by atoms with Crippen molar-refractivity contribution in [2.75, 3.05) is 0 Å². The molecule has 1 N–H and O–H groups in total. The van der Waals surface area contributed by atoms with Crippen molar-refractivity contribution in [3.05, 3.63) is 0 Å². The molecular weight excluding hydrogens is 196 g/mol. The fourth-order valence-corrected chi connectivity index (χ4v) is 0.396. The molecule has 32 valence electrons. The molecule has 0 aliphatic rings. The fraction of sp³-hybridized carbons (Fsp3) is 0. The van der Waals surface area contributed by atoms with Gasteiger partial charge < -0.3 is 0 Å². The van der Waals surface area contributed by atoms with Gasteiger partial charge in [-0.05, 0) is 0 Å². The van der Waals surface area contributed by atoms with E-state index < -0.39 is 0 Å². The Balaban J connectivity index is 3.05. The fourth-order valence-electron chi connectivity index (χ4n) is 0.154. The van der Waals surface area contributed by atoms with Crippen molar-refractivity contribution in [2.24, 2.45) is 0 Å². The molecule has 0 bridgehead atoms. The van der Waals surface area contributed by atoms with Gasteiger partial charge in [0.2, 0.25) is 0 Å². The van der Waals surface area contributed by atoms with E-state index in [-0.39, 0.29) is 0 Å². The number of hydrogen-bond donors (Lipinski definition) is 1. The number of rotatable bonds is 0. The minimum atomic E-state index is 0.795. The zero-order valence-corrected chi connectivity index (χ0v) is 5.34. The van der Waals surface area contributed by atoms with Gasteiger partial charge in [-0.1, -0.05) is 0 Å². The number of tetrazole rings is 1. The van der Waals surface area contributed by atoms with Crippen molar-refractivity contribution in [1.29, 1.82) is 0 Å². The summed E-state index contributed by atoms with van der Waals surface area (Å²) in [6, 6.07) is 0. The Morgan fingerprint density at radius 1 is 1.67 bits per heavy atom. The molecule has 1 rings (SSSR count). The van der Waals surface area contributed by atoms with Crippen molar-refractivity contribution >= 4 is 26.2 Å². The molecule has 0 unspecified atom stereocenters. The van der Waals surface area contributed by atoms with Gasteiger partial charge in [0.25, 0.3) is 0 Å². The molecule has 0 saturated carbocycles. The minimum absolute atomic E-state index is 0.795. The van der Waals surface area contributed by atoms with Crippen molar-refractivity contribution in [3.8, 4) is 0 Å². The second-order valence-electron chi connectivity index (χ2n) is 0.725. The van der Waals surface area contributed by atoms with E-state index in [2.05, 4.69) is 20.6 Å². The first-order chi connectivity index (χ1) is 2.89. The predicted octanol–water partition coefficient (Wildman–Crippen LogP) is -2.27. The van der Waals surface area contributed by atoms with Crippen LogP contribution >= 0.6 is 0 Å². The van der Waals surface area contributed by atoms with Crippen LogP contribution in [0.15, 0.2) is 0 Å². The first kappa shape index (κ1) is 4.03. The van der Waals surface area contributed by atoms with E-state index in [9.17, 15) is 0 Å². The summed E-state index contributed by atoms with van der Waals surface area (Å²) in [7, 11) is 0. The number of hydrogen-bond acceptors (Lipinski definition) is 3. The summed E-state index contributed by atoms with van der Waals surface area (Å²) in [5.74, 6) is 0. The molecule has 0 spiro atoms. The average Bonchev–Trinajstić information content (AvgIpc) is 1.86. The normalized spacial score (nSPS) is 8.83. The Labute approximate surface area is 47.2 Å². The Morgan fingerprint density at radius 3 is 2.67 bits per heavy atom. The molecule has 0 saturated heterocycles. The number of aromatic amines is 1. The van der Waals surface area contributed by atoms with Gasteiger partial charge in [0.15, 0.2) is 0 Å². The number of nitrogens with one attached hydrogen (secondary N) is 1. The van der Waals surface area contributed by atoms with Crippen LogP contribution in [0.3, 0.4) is 0 Å². The van der Waals surface area contributed by atoms with Gasteiger partial charge in [-0.2, -0.15) is 0 Å². The molecule has 6 heavy (non-hydrogen) atoms. The van der Waals surface area contributed by atoms with Crippen LogP contribution < -0.4 is 3.87 Å². The van der Waals surface area contributed by atoms with Crippen LogP contribution in [0.5, 0.6) is 0 Å². The average molecular weight is 198 g/mol. The summed E-state index contributed by atoms with van der Waals surface area (Å²) < 4.78 is 0.795. The quantitative estimate of drug-likeness (QED) is 0.477. The molecule has 0 amide bonds. The van der Waals surface area contributed by atoms with Crippen molar-refractivity contribution in [3.63, 3.8) is 0 Å². The van der Waals surface area contributed by atoms with Crippen LogP contribution in [0, 0.1) is 0 Å². The summed E-state index contributed by atoms with van der Waals surface area (Å²) in [5.41, 5.74) is 0. The maximum absolute atomic E-state index is 3.52. The van der Waals surface area contributed by atoms with E-state index in [1.165, 1.54) is 22.3 Å². The summed E-state index contributed by atoms with van der Waals surface area (Å²) in [5, 5.41) is 12.7. The molecule has 0 atom stereocenters.